The number of benzene rings is 2. The molecule has 0 aliphatic heterocycles. The van der Waals surface area contributed by atoms with E-state index in [0.29, 0.717) is 5.92 Å². The fourth-order valence-corrected chi connectivity index (χ4v) is 2.37. The van der Waals surface area contributed by atoms with Crippen LogP contribution in [0, 0.1) is 0 Å². The Morgan fingerprint density at radius 1 is 1.08 bits per heavy atom. The van der Waals surface area contributed by atoms with Crippen LogP contribution in [0.1, 0.15) is 44.2 Å². The van der Waals surface area contributed by atoms with Crippen LogP contribution in [0.15, 0.2) is 59.7 Å². The molecule has 0 atom stereocenters. The Morgan fingerprint density at radius 3 is 2.42 bits per heavy atom. The van der Waals surface area contributed by atoms with Crippen LogP contribution < -0.4 is 10.2 Å². The second-order valence-corrected chi connectivity index (χ2v) is 5.79. The molecule has 2 aromatic rings. The molecular formula is C20H24N2O2. The highest BCUT2D eigenvalue weighted by Gasteiger charge is 2.09. The Morgan fingerprint density at radius 2 is 1.75 bits per heavy atom. The first-order valence-electron chi connectivity index (χ1n) is 8.24. The molecule has 0 saturated carbocycles. The molecule has 0 aliphatic carbocycles. The fourth-order valence-electron chi connectivity index (χ4n) is 2.37. The summed E-state index contributed by atoms with van der Waals surface area (Å²) in [5, 5.41) is 4.22. The predicted molar refractivity (Wildman–Crippen MR) is 97.4 cm³/mol. The quantitative estimate of drug-likeness (QED) is 0.615. The van der Waals surface area contributed by atoms with Crippen LogP contribution in [0.2, 0.25) is 0 Å². The van der Waals surface area contributed by atoms with E-state index in [0.717, 1.165) is 29.0 Å². The minimum atomic E-state index is -0.268. The van der Waals surface area contributed by atoms with Crippen LogP contribution >= 0.6 is 0 Å². The summed E-state index contributed by atoms with van der Waals surface area (Å²) >= 11 is 0. The van der Waals surface area contributed by atoms with Crippen molar-refractivity contribution in [2.45, 2.75) is 33.1 Å². The largest absolute Gasteiger partial charge is 0.483 e. The van der Waals surface area contributed by atoms with E-state index in [1.807, 2.05) is 61.5 Å². The van der Waals surface area contributed by atoms with Crippen molar-refractivity contribution in [2.75, 3.05) is 6.61 Å². The van der Waals surface area contributed by atoms with E-state index in [2.05, 4.69) is 24.4 Å². The smallest absolute Gasteiger partial charge is 0.277 e. The lowest BCUT2D eigenvalue weighted by Crippen LogP contribution is -2.26. The van der Waals surface area contributed by atoms with Gasteiger partial charge in [-0.2, -0.15) is 5.10 Å². The van der Waals surface area contributed by atoms with Crippen LogP contribution in [0.5, 0.6) is 5.75 Å². The molecule has 0 aliphatic rings. The van der Waals surface area contributed by atoms with E-state index in [1.54, 1.807) is 0 Å². The van der Waals surface area contributed by atoms with Crippen molar-refractivity contribution in [1.29, 1.82) is 0 Å². The van der Waals surface area contributed by atoms with Crippen molar-refractivity contribution in [1.82, 2.24) is 5.43 Å². The number of amides is 1. The number of hydrazone groups is 1. The number of hydrogen-bond acceptors (Lipinski definition) is 3. The third kappa shape index (κ3) is 4.95. The molecule has 0 fully saturated rings. The van der Waals surface area contributed by atoms with Crippen LogP contribution in [-0.4, -0.2) is 18.2 Å². The first-order chi connectivity index (χ1) is 11.6. The van der Waals surface area contributed by atoms with Gasteiger partial charge in [0.15, 0.2) is 6.61 Å². The van der Waals surface area contributed by atoms with Crippen LogP contribution in [0.3, 0.4) is 0 Å². The van der Waals surface area contributed by atoms with Gasteiger partial charge in [0.25, 0.3) is 5.91 Å². The Balaban J connectivity index is 1.95. The molecule has 0 bridgehead atoms. The molecule has 4 nitrogen and oxygen atoms in total. The van der Waals surface area contributed by atoms with Gasteiger partial charge in [0.2, 0.25) is 0 Å². The number of nitrogens with one attached hydrogen (secondary N) is 1. The van der Waals surface area contributed by atoms with Crippen LogP contribution in [0.4, 0.5) is 0 Å². The Labute approximate surface area is 143 Å². The van der Waals surface area contributed by atoms with Gasteiger partial charge in [-0.15, -0.1) is 0 Å². The maximum atomic E-state index is 12.0. The third-order valence-corrected chi connectivity index (χ3v) is 3.66. The average Bonchev–Trinajstić information content (AvgIpc) is 2.61. The number of para-hydroxylation sites is 1. The minimum absolute atomic E-state index is 0.0565. The van der Waals surface area contributed by atoms with Gasteiger partial charge in [-0.05, 0) is 29.5 Å². The van der Waals surface area contributed by atoms with Gasteiger partial charge >= 0.3 is 0 Å². The summed E-state index contributed by atoms with van der Waals surface area (Å²) in [6, 6.07) is 17.6. The monoisotopic (exact) mass is 324 g/mol. The topological polar surface area (TPSA) is 50.7 Å². The lowest BCUT2D eigenvalue weighted by molar-refractivity contribution is -0.123. The number of nitrogens with zero attached hydrogens (tertiary/aromatic N) is 1. The Kier molecular flexibility index (Phi) is 6.55. The highest BCUT2D eigenvalue weighted by atomic mass is 16.5. The van der Waals surface area contributed by atoms with E-state index in [1.165, 1.54) is 0 Å². The number of carbonyl (C=O) groups is 1. The molecule has 1 amide bonds. The number of hydrogen-bond donors (Lipinski definition) is 1. The summed E-state index contributed by atoms with van der Waals surface area (Å²) in [5.74, 6) is 0.813. The summed E-state index contributed by atoms with van der Waals surface area (Å²) in [6.07, 6.45) is 0.737. The molecule has 0 heterocycles. The van der Waals surface area contributed by atoms with E-state index in [-0.39, 0.29) is 12.5 Å². The van der Waals surface area contributed by atoms with E-state index >= 15 is 0 Å². The van der Waals surface area contributed by atoms with E-state index < -0.39 is 0 Å². The first kappa shape index (κ1) is 17.7. The summed E-state index contributed by atoms with van der Waals surface area (Å²) in [6.45, 7) is 6.15. The van der Waals surface area contributed by atoms with Crippen molar-refractivity contribution in [3.63, 3.8) is 0 Å². The zero-order valence-corrected chi connectivity index (χ0v) is 14.5. The van der Waals surface area contributed by atoms with Crippen molar-refractivity contribution in [2.24, 2.45) is 5.10 Å². The van der Waals surface area contributed by atoms with Crippen molar-refractivity contribution < 1.29 is 9.53 Å². The highest BCUT2D eigenvalue weighted by Crippen LogP contribution is 2.25. The summed E-state index contributed by atoms with van der Waals surface area (Å²) < 4.78 is 5.65. The number of ether oxygens (including phenoxy) is 1. The van der Waals surface area contributed by atoms with Crippen LogP contribution in [0.25, 0.3) is 0 Å². The molecule has 126 valence electrons. The van der Waals surface area contributed by atoms with Crippen LogP contribution in [-0.2, 0) is 4.79 Å². The van der Waals surface area contributed by atoms with Gasteiger partial charge < -0.3 is 4.74 Å². The molecule has 24 heavy (non-hydrogen) atoms. The van der Waals surface area contributed by atoms with Gasteiger partial charge in [0, 0.05) is 0 Å². The van der Waals surface area contributed by atoms with Gasteiger partial charge in [-0.1, -0.05) is 69.3 Å². The number of carbonyl (C=O) groups excluding carboxylic acids is 1. The lowest BCUT2D eigenvalue weighted by atomic mass is 10.0. The normalized spacial score (nSPS) is 11.4. The zero-order chi connectivity index (χ0) is 17.4. The number of rotatable bonds is 7. The molecule has 4 heteroatoms. The summed E-state index contributed by atoms with van der Waals surface area (Å²) in [7, 11) is 0. The SMILES string of the molecule is CC/C(=N\NC(=O)COc1ccccc1C(C)C)c1ccccc1. The first-order valence-corrected chi connectivity index (χ1v) is 8.24. The maximum absolute atomic E-state index is 12.0. The van der Waals surface area contributed by atoms with E-state index in [9.17, 15) is 4.79 Å². The van der Waals surface area contributed by atoms with Gasteiger partial charge in [0.1, 0.15) is 5.75 Å². The molecule has 2 rings (SSSR count). The standard InChI is InChI=1S/C20H24N2O2/c1-4-18(16-10-6-5-7-11-16)21-22-20(23)14-24-19-13-9-8-12-17(19)15(2)3/h5-13,15H,4,14H2,1-3H3,(H,22,23)/b21-18+. The van der Waals surface area contributed by atoms with Crippen molar-refractivity contribution in [3.8, 4) is 5.75 Å². The molecular weight excluding hydrogens is 300 g/mol. The highest BCUT2D eigenvalue weighted by molar-refractivity contribution is 6.00. The molecule has 0 radical (unpaired) electrons. The molecule has 0 saturated heterocycles. The average molecular weight is 324 g/mol. The second-order valence-electron chi connectivity index (χ2n) is 5.79. The molecule has 1 N–H and O–H groups in total. The maximum Gasteiger partial charge on any atom is 0.277 e. The lowest BCUT2D eigenvalue weighted by Gasteiger charge is -2.13. The molecule has 2 aromatic carbocycles. The molecule has 0 unspecified atom stereocenters. The summed E-state index contributed by atoms with van der Waals surface area (Å²) in [5.41, 5.74) is 5.51. The predicted octanol–water partition coefficient (Wildman–Crippen LogP) is 4.12. The summed E-state index contributed by atoms with van der Waals surface area (Å²) in [4.78, 5) is 12.0. The molecule has 0 spiro atoms. The Hall–Kier alpha value is -2.62. The fraction of sp³-hybridized carbons (Fsp3) is 0.300. The molecule has 0 aromatic heterocycles. The second kappa shape index (κ2) is 8.87. The van der Waals surface area contributed by atoms with Crippen molar-refractivity contribution in [3.05, 3.63) is 65.7 Å². The van der Waals surface area contributed by atoms with E-state index in [4.69, 9.17) is 4.74 Å². The van der Waals surface area contributed by atoms with Gasteiger partial charge in [0.05, 0.1) is 5.71 Å². The zero-order valence-electron chi connectivity index (χ0n) is 14.5. The van der Waals surface area contributed by atoms with Gasteiger partial charge in [-0.3, -0.25) is 4.79 Å². The van der Waals surface area contributed by atoms with Gasteiger partial charge in [-0.25, -0.2) is 5.43 Å². The van der Waals surface area contributed by atoms with Crippen molar-refractivity contribution >= 4 is 11.6 Å². The minimum Gasteiger partial charge on any atom is -0.483 e. The Bertz CT molecular complexity index is 694. The third-order valence-electron chi connectivity index (χ3n) is 3.66.